The first-order valence-electron chi connectivity index (χ1n) is 6.59. The second-order valence-electron chi connectivity index (χ2n) is 4.92. The number of aromatic nitrogens is 1. The van der Waals surface area contributed by atoms with Crippen molar-refractivity contribution in [1.82, 2.24) is 10.3 Å². The fourth-order valence-electron chi connectivity index (χ4n) is 2.06. The normalized spacial score (nSPS) is 12.4. The second-order valence-corrected chi connectivity index (χ2v) is 6.42. The van der Waals surface area contributed by atoms with Crippen LogP contribution in [0.2, 0.25) is 5.02 Å². The Morgan fingerprint density at radius 3 is 2.55 bits per heavy atom. The lowest BCUT2D eigenvalue weighted by atomic mass is 10.1. The predicted octanol–water partition coefficient (Wildman–Crippen LogP) is 4.78. The van der Waals surface area contributed by atoms with Crippen molar-refractivity contribution in [2.75, 3.05) is 7.05 Å². The maximum atomic E-state index is 6.36. The van der Waals surface area contributed by atoms with Gasteiger partial charge in [-0.1, -0.05) is 29.4 Å². The number of halogens is 1. The molecule has 0 saturated carbocycles. The van der Waals surface area contributed by atoms with Crippen LogP contribution in [-0.2, 0) is 0 Å². The van der Waals surface area contributed by atoms with Crippen molar-refractivity contribution >= 4 is 23.4 Å². The van der Waals surface area contributed by atoms with Gasteiger partial charge in [0.1, 0.15) is 5.03 Å². The Morgan fingerprint density at radius 2 is 1.95 bits per heavy atom. The van der Waals surface area contributed by atoms with Gasteiger partial charge in [0.25, 0.3) is 0 Å². The molecular formula is C16H19ClN2S. The molecule has 1 aromatic carbocycles. The zero-order valence-electron chi connectivity index (χ0n) is 12.2. The van der Waals surface area contributed by atoms with Crippen molar-refractivity contribution in [3.05, 3.63) is 52.2 Å². The van der Waals surface area contributed by atoms with E-state index >= 15 is 0 Å². The number of aryl methyl sites for hydroxylation is 2. The molecule has 0 bridgehead atoms. The van der Waals surface area contributed by atoms with Gasteiger partial charge in [0.2, 0.25) is 0 Å². The first-order valence-corrected chi connectivity index (χ1v) is 7.79. The number of hydrogen-bond acceptors (Lipinski definition) is 3. The third-order valence-electron chi connectivity index (χ3n) is 3.17. The molecule has 0 saturated heterocycles. The molecule has 0 aliphatic rings. The minimum Gasteiger partial charge on any atom is -0.313 e. The van der Waals surface area contributed by atoms with Crippen molar-refractivity contribution < 1.29 is 0 Å². The van der Waals surface area contributed by atoms with E-state index in [0.717, 1.165) is 26.2 Å². The molecule has 0 fully saturated rings. The average molecular weight is 307 g/mol. The molecule has 1 N–H and O–H groups in total. The Hall–Kier alpha value is -1.03. The maximum absolute atomic E-state index is 6.36. The number of nitrogens with one attached hydrogen (secondary N) is 1. The van der Waals surface area contributed by atoms with Crippen molar-refractivity contribution in [1.29, 1.82) is 0 Å². The van der Waals surface area contributed by atoms with Crippen LogP contribution in [0.4, 0.5) is 0 Å². The van der Waals surface area contributed by atoms with Gasteiger partial charge in [-0.15, -0.1) is 0 Å². The number of hydrogen-bond donors (Lipinski definition) is 1. The first-order chi connectivity index (χ1) is 9.49. The molecule has 0 amide bonds. The lowest BCUT2D eigenvalue weighted by molar-refractivity contribution is 0.652. The molecule has 1 atom stereocenters. The lowest BCUT2D eigenvalue weighted by Crippen LogP contribution is -2.12. The molecule has 2 rings (SSSR count). The third-order valence-corrected chi connectivity index (χ3v) is 4.40. The topological polar surface area (TPSA) is 24.9 Å². The van der Waals surface area contributed by atoms with E-state index in [1.165, 1.54) is 5.56 Å². The summed E-state index contributed by atoms with van der Waals surface area (Å²) in [6.45, 7) is 6.20. The summed E-state index contributed by atoms with van der Waals surface area (Å²) in [5.74, 6) is 0. The van der Waals surface area contributed by atoms with E-state index < -0.39 is 0 Å². The van der Waals surface area contributed by atoms with Gasteiger partial charge in [-0.3, -0.25) is 0 Å². The van der Waals surface area contributed by atoms with Crippen LogP contribution in [0.15, 0.2) is 40.3 Å². The Kier molecular flexibility index (Phi) is 5.08. The SMILES string of the molecule is CNC(C)c1ccc(Sc2cc(C)cc(C)n2)cc1Cl. The summed E-state index contributed by atoms with van der Waals surface area (Å²) in [6, 6.07) is 10.6. The van der Waals surface area contributed by atoms with Crippen LogP contribution in [0.3, 0.4) is 0 Å². The zero-order valence-corrected chi connectivity index (χ0v) is 13.8. The van der Waals surface area contributed by atoms with E-state index in [1.54, 1.807) is 11.8 Å². The van der Waals surface area contributed by atoms with Gasteiger partial charge in [-0.25, -0.2) is 4.98 Å². The molecule has 2 nitrogen and oxygen atoms in total. The summed E-state index contributed by atoms with van der Waals surface area (Å²) in [6.07, 6.45) is 0. The number of rotatable bonds is 4. The fraction of sp³-hybridized carbons (Fsp3) is 0.312. The van der Waals surface area contributed by atoms with Crippen molar-refractivity contribution in [2.24, 2.45) is 0 Å². The minimum atomic E-state index is 0.251. The largest absolute Gasteiger partial charge is 0.313 e. The Bertz CT molecular complexity index is 593. The van der Waals surface area contributed by atoms with Crippen LogP contribution < -0.4 is 5.32 Å². The maximum Gasteiger partial charge on any atom is 0.101 e. The van der Waals surface area contributed by atoms with E-state index in [2.05, 4.69) is 48.4 Å². The summed E-state index contributed by atoms with van der Waals surface area (Å²) in [5, 5.41) is 5.00. The fourth-order valence-corrected chi connectivity index (χ4v) is 3.45. The van der Waals surface area contributed by atoms with E-state index in [-0.39, 0.29) is 6.04 Å². The highest BCUT2D eigenvalue weighted by atomic mass is 35.5. The predicted molar refractivity (Wildman–Crippen MR) is 86.8 cm³/mol. The van der Waals surface area contributed by atoms with Gasteiger partial charge in [0.05, 0.1) is 0 Å². The smallest absolute Gasteiger partial charge is 0.101 e. The van der Waals surface area contributed by atoms with E-state index in [4.69, 9.17) is 11.6 Å². The minimum absolute atomic E-state index is 0.251. The van der Waals surface area contributed by atoms with Crippen LogP contribution >= 0.6 is 23.4 Å². The van der Waals surface area contributed by atoms with Crippen LogP contribution in [0.5, 0.6) is 0 Å². The molecule has 0 aliphatic heterocycles. The van der Waals surface area contributed by atoms with Gasteiger partial charge in [0.15, 0.2) is 0 Å². The molecule has 0 radical (unpaired) electrons. The number of nitrogens with zero attached hydrogens (tertiary/aromatic N) is 1. The van der Waals surface area contributed by atoms with Gasteiger partial charge < -0.3 is 5.32 Å². The zero-order chi connectivity index (χ0) is 14.7. The van der Waals surface area contributed by atoms with E-state index in [1.807, 2.05) is 20.0 Å². The van der Waals surface area contributed by atoms with Crippen LogP contribution in [0.25, 0.3) is 0 Å². The second kappa shape index (κ2) is 6.61. The molecule has 0 aliphatic carbocycles. The highest BCUT2D eigenvalue weighted by Crippen LogP contribution is 2.32. The van der Waals surface area contributed by atoms with Crippen molar-refractivity contribution in [3.63, 3.8) is 0 Å². The summed E-state index contributed by atoms with van der Waals surface area (Å²) in [4.78, 5) is 5.65. The monoisotopic (exact) mass is 306 g/mol. The molecule has 1 heterocycles. The van der Waals surface area contributed by atoms with Gasteiger partial charge in [-0.05, 0) is 63.2 Å². The van der Waals surface area contributed by atoms with Gasteiger partial charge in [-0.2, -0.15) is 0 Å². The molecule has 1 aromatic heterocycles. The Morgan fingerprint density at radius 1 is 1.20 bits per heavy atom. The van der Waals surface area contributed by atoms with Gasteiger partial charge >= 0.3 is 0 Å². The quantitative estimate of drug-likeness (QED) is 0.879. The molecule has 20 heavy (non-hydrogen) atoms. The number of benzene rings is 1. The summed E-state index contributed by atoms with van der Waals surface area (Å²) < 4.78 is 0. The standard InChI is InChI=1S/C16H19ClN2S/c1-10-7-11(2)19-16(8-10)20-13-5-6-14(12(3)18-4)15(17)9-13/h5-9,12,18H,1-4H3. The molecule has 1 unspecified atom stereocenters. The lowest BCUT2D eigenvalue weighted by Gasteiger charge is -2.13. The van der Waals surface area contributed by atoms with E-state index in [9.17, 15) is 0 Å². The van der Waals surface area contributed by atoms with Crippen LogP contribution in [0.1, 0.15) is 29.8 Å². The Labute approximate surface area is 130 Å². The first kappa shape index (κ1) is 15.4. The summed E-state index contributed by atoms with van der Waals surface area (Å²) >= 11 is 8.00. The average Bonchev–Trinajstić information content (AvgIpc) is 2.36. The Balaban J connectivity index is 2.24. The third kappa shape index (κ3) is 3.75. The number of pyridine rings is 1. The highest BCUT2D eigenvalue weighted by molar-refractivity contribution is 7.99. The molecule has 2 aromatic rings. The van der Waals surface area contributed by atoms with E-state index in [0.29, 0.717) is 0 Å². The van der Waals surface area contributed by atoms with Gasteiger partial charge in [0, 0.05) is 21.7 Å². The van der Waals surface area contributed by atoms with Crippen molar-refractivity contribution in [2.45, 2.75) is 36.7 Å². The van der Waals surface area contributed by atoms with Crippen LogP contribution in [-0.4, -0.2) is 12.0 Å². The molecule has 4 heteroatoms. The molecular weight excluding hydrogens is 288 g/mol. The summed E-state index contributed by atoms with van der Waals surface area (Å²) in [7, 11) is 1.93. The highest BCUT2D eigenvalue weighted by Gasteiger charge is 2.09. The summed E-state index contributed by atoms with van der Waals surface area (Å²) in [5.41, 5.74) is 3.39. The molecule has 106 valence electrons. The van der Waals surface area contributed by atoms with Crippen molar-refractivity contribution in [3.8, 4) is 0 Å². The van der Waals surface area contributed by atoms with Crippen LogP contribution in [0, 0.1) is 13.8 Å². The molecule has 0 spiro atoms.